The molecule has 14 nitrogen and oxygen atoms in total. The number of benzene rings is 2. The second-order valence-electron chi connectivity index (χ2n) is 8.47. The summed E-state index contributed by atoms with van der Waals surface area (Å²) in [5.41, 5.74) is -0.272. The minimum atomic E-state index is -4.00. The minimum Gasteiger partial charge on any atom is -0.506 e. The first-order valence-electron chi connectivity index (χ1n) is 11.3. The summed E-state index contributed by atoms with van der Waals surface area (Å²) in [5.74, 6) is -3.15. The van der Waals surface area contributed by atoms with E-state index >= 15 is 0 Å². The van der Waals surface area contributed by atoms with Crippen molar-refractivity contribution in [2.75, 3.05) is 23.8 Å². The van der Waals surface area contributed by atoms with E-state index in [0.29, 0.717) is 0 Å². The Morgan fingerprint density at radius 3 is 1.33 bits per heavy atom. The highest BCUT2D eigenvalue weighted by Crippen LogP contribution is 2.29. The van der Waals surface area contributed by atoms with Crippen LogP contribution in [0.2, 0.25) is 0 Å². The lowest BCUT2D eigenvalue weighted by Gasteiger charge is -2.14. The molecule has 0 saturated carbocycles. The fourth-order valence-corrected chi connectivity index (χ4v) is 5.02. The molecule has 2 heterocycles. The monoisotopic (exact) mass is 564 g/mol. The Morgan fingerprint density at radius 1 is 0.692 bits per heavy atom. The molecule has 208 valence electrons. The van der Waals surface area contributed by atoms with Crippen LogP contribution in [0.1, 0.15) is 0 Å². The van der Waals surface area contributed by atoms with E-state index in [4.69, 9.17) is 19.7 Å². The molecule has 2 aromatic carbocycles. The van der Waals surface area contributed by atoms with Crippen molar-refractivity contribution in [3.05, 3.63) is 71.4 Å². The van der Waals surface area contributed by atoms with Crippen LogP contribution in [0.15, 0.2) is 81.2 Å². The van der Waals surface area contributed by atoms with Gasteiger partial charge in [0.05, 0.1) is 23.0 Å². The fourth-order valence-electron chi connectivity index (χ4n) is 3.76. The van der Waals surface area contributed by atoms with E-state index in [1.165, 1.54) is 48.5 Å². The largest absolute Gasteiger partial charge is 0.506 e. The Labute approximate surface area is 221 Å². The van der Waals surface area contributed by atoms with Gasteiger partial charge in [-0.15, -0.1) is 0 Å². The third-order valence-corrected chi connectivity index (χ3v) is 7.65. The van der Waals surface area contributed by atoms with E-state index < -0.39 is 70.9 Å². The number of aliphatic hydroxyl groups excluding tert-OH is 6. The number of carbonyl (C=O) groups excluding carboxylic acids is 2. The van der Waals surface area contributed by atoms with Crippen molar-refractivity contribution in [3.63, 3.8) is 0 Å². The number of carbonyl (C=O) groups is 2. The van der Waals surface area contributed by atoms with Gasteiger partial charge < -0.3 is 50.7 Å². The number of nitrogens with one attached hydrogen (secondary N) is 2. The first kappa shape index (κ1) is 27.9. The average molecular weight is 565 g/mol. The molecule has 0 aliphatic carbocycles. The molecule has 4 atom stereocenters. The van der Waals surface area contributed by atoms with Gasteiger partial charge in [-0.2, -0.15) is 0 Å². The molecule has 2 aliphatic heterocycles. The quantitative estimate of drug-likeness (QED) is 0.169. The molecule has 15 heteroatoms. The molecule has 0 bridgehead atoms. The SMILES string of the molecule is O=C1O[C@@H]([C@H](O)CO)C(O)=C1Nc1ccc(S(=O)(=O)c2ccc(NC3=C(O)[C@@H]([C@@H](O)CO)OC3=O)cc2)cc1. The van der Waals surface area contributed by atoms with Crippen molar-refractivity contribution in [1.29, 1.82) is 0 Å². The number of hydrogen-bond donors (Lipinski definition) is 8. The third-order valence-electron chi connectivity index (χ3n) is 5.87. The molecule has 39 heavy (non-hydrogen) atoms. The average Bonchev–Trinajstić information content (AvgIpc) is 3.37. The zero-order chi connectivity index (χ0) is 28.5. The number of anilines is 2. The molecule has 0 amide bonds. The summed E-state index contributed by atoms with van der Waals surface area (Å²) in [4.78, 5) is 23.8. The highest BCUT2D eigenvalue weighted by atomic mass is 32.2. The van der Waals surface area contributed by atoms with Gasteiger partial charge in [0.1, 0.15) is 12.2 Å². The lowest BCUT2D eigenvalue weighted by molar-refractivity contribution is -0.146. The zero-order valence-electron chi connectivity index (χ0n) is 19.9. The molecule has 0 saturated heterocycles. The Hall–Kier alpha value is -4.15. The Kier molecular flexibility index (Phi) is 7.80. The van der Waals surface area contributed by atoms with Gasteiger partial charge in [-0.1, -0.05) is 0 Å². The van der Waals surface area contributed by atoms with Crippen LogP contribution in [0.5, 0.6) is 0 Å². The van der Waals surface area contributed by atoms with E-state index in [1.54, 1.807) is 0 Å². The van der Waals surface area contributed by atoms with Crippen molar-refractivity contribution in [2.24, 2.45) is 0 Å². The van der Waals surface area contributed by atoms with Crippen LogP contribution in [-0.4, -0.2) is 88.6 Å². The Morgan fingerprint density at radius 2 is 1.03 bits per heavy atom. The molecule has 2 aromatic rings. The summed E-state index contributed by atoms with van der Waals surface area (Å²) in [6, 6.07) is 10.4. The van der Waals surface area contributed by atoms with Crippen LogP contribution in [0, 0.1) is 0 Å². The molecule has 8 N–H and O–H groups in total. The predicted molar refractivity (Wildman–Crippen MR) is 131 cm³/mol. The number of rotatable bonds is 10. The van der Waals surface area contributed by atoms with Crippen molar-refractivity contribution < 1.29 is 58.1 Å². The summed E-state index contributed by atoms with van der Waals surface area (Å²) in [7, 11) is -4.00. The highest BCUT2D eigenvalue weighted by Gasteiger charge is 2.40. The smallest absolute Gasteiger partial charge is 0.359 e. The highest BCUT2D eigenvalue weighted by molar-refractivity contribution is 7.91. The van der Waals surface area contributed by atoms with Crippen LogP contribution >= 0.6 is 0 Å². The number of cyclic esters (lactones) is 2. The molecule has 4 rings (SSSR count). The van der Waals surface area contributed by atoms with Crippen LogP contribution in [0.25, 0.3) is 0 Å². The van der Waals surface area contributed by atoms with Gasteiger partial charge >= 0.3 is 11.9 Å². The molecule has 0 unspecified atom stereocenters. The Balaban J connectivity index is 1.48. The predicted octanol–water partition coefficient (Wildman–Crippen LogP) is -0.560. The summed E-state index contributed by atoms with van der Waals surface area (Å²) >= 11 is 0. The van der Waals surface area contributed by atoms with Gasteiger partial charge in [0.2, 0.25) is 9.84 Å². The topological polar surface area (TPSA) is 232 Å². The maximum atomic E-state index is 13.1. The molecule has 2 aliphatic rings. The van der Waals surface area contributed by atoms with Crippen LogP contribution in [0.3, 0.4) is 0 Å². The van der Waals surface area contributed by atoms with Gasteiger partial charge in [0.25, 0.3) is 0 Å². The second-order valence-corrected chi connectivity index (χ2v) is 10.4. The lowest BCUT2D eigenvalue weighted by Crippen LogP contribution is -2.31. The van der Waals surface area contributed by atoms with Gasteiger partial charge in [0, 0.05) is 11.4 Å². The molecule has 0 spiro atoms. The summed E-state index contributed by atoms with van der Waals surface area (Å²) in [6.45, 7) is -1.50. The van der Waals surface area contributed by atoms with E-state index in [9.17, 15) is 38.4 Å². The number of hydrogen-bond acceptors (Lipinski definition) is 14. The van der Waals surface area contributed by atoms with Crippen molar-refractivity contribution in [2.45, 2.75) is 34.2 Å². The maximum absolute atomic E-state index is 13.1. The van der Waals surface area contributed by atoms with E-state index in [-0.39, 0.29) is 32.6 Å². The second kappa shape index (κ2) is 10.9. The van der Waals surface area contributed by atoms with E-state index in [2.05, 4.69) is 10.6 Å². The van der Waals surface area contributed by atoms with Crippen LogP contribution in [-0.2, 0) is 28.9 Å². The number of ether oxygens (including phenoxy) is 2. The number of aliphatic hydroxyl groups is 6. The molecular weight excluding hydrogens is 540 g/mol. The third kappa shape index (κ3) is 5.39. The molecule has 0 fully saturated rings. The summed E-state index contributed by atoms with van der Waals surface area (Å²) in [6.07, 6.45) is -5.91. The first-order chi connectivity index (χ1) is 18.5. The minimum absolute atomic E-state index is 0.102. The standard InChI is InChI=1S/C24H24N2O12S/c27-9-15(29)21-19(31)17(23(33)37-21)25-11-1-5-13(6-2-11)39(35,36)14-7-3-12(4-8-14)26-18-20(32)22(16(30)10-28)38-24(18)34/h1-8,15-16,21-22,25-32H,9-10H2/t15-,16+,21+,22-. The van der Waals surface area contributed by atoms with Crippen molar-refractivity contribution >= 4 is 33.2 Å². The van der Waals surface area contributed by atoms with Crippen LogP contribution < -0.4 is 10.6 Å². The van der Waals surface area contributed by atoms with E-state index in [1.807, 2.05) is 0 Å². The normalized spacial score (nSPS) is 21.0. The maximum Gasteiger partial charge on any atom is 0.359 e. The van der Waals surface area contributed by atoms with Gasteiger partial charge in [-0.25, -0.2) is 18.0 Å². The molecule has 0 radical (unpaired) electrons. The lowest BCUT2D eigenvalue weighted by atomic mass is 10.1. The van der Waals surface area contributed by atoms with Crippen molar-refractivity contribution in [3.8, 4) is 0 Å². The zero-order valence-corrected chi connectivity index (χ0v) is 20.7. The molecular formula is C24H24N2O12S. The molecule has 0 aromatic heterocycles. The summed E-state index contributed by atoms with van der Waals surface area (Å²) < 4.78 is 35.8. The van der Waals surface area contributed by atoms with Crippen molar-refractivity contribution in [1.82, 2.24) is 0 Å². The Bertz CT molecular complexity index is 1330. The van der Waals surface area contributed by atoms with Gasteiger partial charge in [-0.3, -0.25) is 0 Å². The summed E-state index contributed by atoms with van der Waals surface area (Å²) in [5, 5.41) is 62.8. The van der Waals surface area contributed by atoms with E-state index in [0.717, 1.165) is 0 Å². The van der Waals surface area contributed by atoms with Gasteiger partial charge in [0.15, 0.2) is 35.1 Å². The first-order valence-corrected chi connectivity index (χ1v) is 12.8. The van der Waals surface area contributed by atoms with Crippen LogP contribution in [0.4, 0.5) is 11.4 Å². The number of sulfone groups is 1. The van der Waals surface area contributed by atoms with Gasteiger partial charge in [-0.05, 0) is 48.5 Å². The fraction of sp³-hybridized carbons (Fsp3) is 0.250. The number of esters is 2.